The van der Waals surface area contributed by atoms with E-state index in [1.807, 2.05) is 20.8 Å². The van der Waals surface area contributed by atoms with Crippen LogP contribution in [-0.4, -0.2) is 64.8 Å². The zero-order valence-electron chi connectivity index (χ0n) is 21.2. The smallest absolute Gasteiger partial charge is 0.410 e. The molecule has 0 saturated carbocycles. The van der Waals surface area contributed by atoms with E-state index in [0.29, 0.717) is 54.7 Å². The molecular weight excluding hydrogens is 450 g/mol. The van der Waals surface area contributed by atoms with E-state index in [9.17, 15) is 14.4 Å². The zero-order valence-corrected chi connectivity index (χ0v) is 21.2. The van der Waals surface area contributed by atoms with Crippen LogP contribution in [0.15, 0.2) is 24.3 Å². The molecule has 0 atom stereocenters. The van der Waals surface area contributed by atoms with Gasteiger partial charge in [0.05, 0.1) is 18.8 Å². The minimum absolute atomic E-state index is 0.248. The van der Waals surface area contributed by atoms with Crippen molar-refractivity contribution in [1.82, 2.24) is 14.9 Å². The SMILES string of the molecule is CCOC(=O)c1ccc(-c2nc(CC3CCN(C(=O)OC(C)(C)C)CC3)[nH]c2C(=O)OCC)cc1. The van der Waals surface area contributed by atoms with Crippen molar-refractivity contribution in [2.75, 3.05) is 26.3 Å². The summed E-state index contributed by atoms with van der Waals surface area (Å²) < 4.78 is 15.7. The molecule has 0 bridgehead atoms. The van der Waals surface area contributed by atoms with E-state index in [2.05, 4.69) is 4.98 Å². The number of nitrogens with zero attached hydrogens (tertiary/aromatic N) is 2. The van der Waals surface area contributed by atoms with Crippen molar-refractivity contribution < 1.29 is 28.6 Å². The number of nitrogens with one attached hydrogen (secondary N) is 1. The number of amides is 1. The highest BCUT2D eigenvalue weighted by molar-refractivity contribution is 5.95. The molecule has 3 rings (SSSR count). The second-order valence-corrected chi connectivity index (χ2v) is 9.54. The summed E-state index contributed by atoms with van der Waals surface area (Å²) in [4.78, 5) is 46.5. The van der Waals surface area contributed by atoms with Gasteiger partial charge in [-0.25, -0.2) is 19.4 Å². The number of esters is 2. The fourth-order valence-electron chi connectivity index (χ4n) is 3.98. The van der Waals surface area contributed by atoms with E-state index in [4.69, 9.17) is 19.2 Å². The van der Waals surface area contributed by atoms with Crippen molar-refractivity contribution >= 4 is 18.0 Å². The van der Waals surface area contributed by atoms with Gasteiger partial charge in [-0.15, -0.1) is 0 Å². The number of benzene rings is 1. The molecule has 0 radical (unpaired) electrons. The predicted octanol–water partition coefficient (Wildman–Crippen LogP) is 4.62. The van der Waals surface area contributed by atoms with Gasteiger partial charge in [-0.3, -0.25) is 0 Å². The number of carbonyl (C=O) groups is 3. The molecule has 1 saturated heterocycles. The Kier molecular flexibility index (Phi) is 8.53. The van der Waals surface area contributed by atoms with Crippen LogP contribution >= 0.6 is 0 Å². The van der Waals surface area contributed by atoms with Crippen LogP contribution < -0.4 is 0 Å². The number of carbonyl (C=O) groups excluding carboxylic acids is 3. The van der Waals surface area contributed by atoms with Crippen LogP contribution in [0.5, 0.6) is 0 Å². The topological polar surface area (TPSA) is 111 Å². The number of H-pyrrole nitrogens is 1. The maximum absolute atomic E-state index is 12.6. The second kappa shape index (κ2) is 11.4. The van der Waals surface area contributed by atoms with Crippen LogP contribution in [0.25, 0.3) is 11.3 Å². The van der Waals surface area contributed by atoms with Gasteiger partial charge in [0.15, 0.2) is 5.69 Å². The fourth-order valence-corrected chi connectivity index (χ4v) is 3.98. The van der Waals surface area contributed by atoms with E-state index in [1.165, 1.54) is 0 Å². The first-order valence-electron chi connectivity index (χ1n) is 12.1. The summed E-state index contributed by atoms with van der Waals surface area (Å²) in [6, 6.07) is 6.80. The number of hydrogen-bond donors (Lipinski definition) is 1. The third kappa shape index (κ3) is 7.07. The van der Waals surface area contributed by atoms with Crippen LogP contribution in [0.3, 0.4) is 0 Å². The summed E-state index contributed by atoms with van der Waals surface area (Å²) in [6.45, 7) is 10.9. The van der Waals surface area contributed by atoms with Crippen molar-refractivity contribution in [3.63, 3.8) is 0 Å². The Morgan fingerprint density at radius 1 is 1.00 bits per heavy atom. The van der Waals surface area contributed by atoms with Crippen molar-refractivity contribution in [1.29, 1.82) is 0 Å². The lowest BCUT2D eigenvalue weighted by Gasteiger charge is -2.33. The average molecular weight is 486 g/mol. The van der Waals surface area contributed by atoms with Crippen LogP contribution in [0, 0.1) is 5.92 Å². The van der Waals surface area contributed by atoms with Gasteiger partial charge in [0.25, 0.3) is 0 Å². The van der Waals surface area contributed by atoms with Crippen LogP contribution in [0.4, 0.5) is 4.79 Å². The molecule has 1 aliphatic rings. The van der Waals surface area contributed by atoms with Crippen molar-refractivity contribution in [2.24, 2.45) is 5.92 Å². The predicted molar refractivity (Wildman–Crippen MR) is 130 cm³/mol. The Balaban J connectivity index is 1.72. The number of likely N-dealkylation sites (tertiary alicyclic amines) is 1. The van der Waals surface area contributed by atoms with Gasteiger partial charge in [0.2, 0.25) is 0 Å². The van der Waals surface area contributed by atoms with E-state index < -0.39 is 17.5 Å². The number of ether oxygens (including phenoxy) is 3. The van der Waals surface area contributed by atoms with Gasteiger partial charge in [0, 0.05) is 25.1 Å². The maximum Gasteiger partial charge on any atom is 0.410 e. The Bertz CT molecular complexity index is 1030. The maximum atomic E-state index is 12.6. The molecule has 1 aromatic carbocycles. The van der Waals surface area contributed by atoms with Crippen molar-refractivity contribution in [3.8, 4) is 11.3 Å². The summed E-state index contributed by atoms with van der Waals surface area (Å²) in [7, 11) is 0. The van der Waals surface area contributed by atoms with Gasteiger partial charge in [-0.2, -0.15) is 0 Å². The standard InChI is InChI=1S/C26H35N3O6/c1-6-33-23(30)19-10-8-18(9-11-19)21-22(24(31)34-7-2)28-20(27-21)16-17-12-14-29(15-13-17)25(32)35-26(3,4)5/h8-11,17H,6-7,12-16H2,1-5H3,(H,27,28). The van der Waals surface area contributed by atoms with E-state index in [0.717, 1.165) is 12.8 Å². The quantitative estimate of drug-likeness (QED) is 0.450. The monoisotopic (exact) mass is 485 g/mol. The third-order valence-corrected chi connectivity index (χ3v) is 5.65. The molecular formula is C26H35N3O6. The summed E-state index contributed by atoms with van der Waals surface area (Å²) in [5.41, 5.74) is 1.39. The molecule has 1 amide bonds. The molecule has 0 unspecified atom stereocenters. The van der Waals surface area contributed by atoms with Crippen LogP contribution in [-0.2, 0) is 20.6 Å². The molecule has 1 aromatic heterocycles. The highest BCUT2D eigenvalue weighted by Gasteiger charge is 2.28. The van der Waals surface area contributed by atoms with E-state index in [-0.39, 0.29) is 18.4 Å². The molecule has 35 heavy (non-hydrogen) atoms. The van der Waals surface area contributed by atoms with Crippen molar-refractivity contribution in [2.45, 2.75) is 59.5 Å². The highest BCUT2D eigenvalue weighted by Crippen LogP contribution is 2.27. The molecule has 190 valence electrons. The minimum Gasteiger partial charge on any atom is -0.462 e. The van der Waals surface area contributed by atoms with Gasteiger partial charge in [0.1, 0.15) is 17.1 Å². The molecule has 9 nitrogen and oxygen atoms in total. The fraction of sp³-hybridized carbons (Fsp3) is 0.538. The number of aromatic nitrogens is 2. The minimum atomic E-state index is -0.517. The van der Waals surface area contributed by atoms with E-state index in [1.54, 1.807) is 43.0 Å². The molecule has 1 aliphatic heterocycles. The first kappa shape index (κ1) is 26.2. The molecule has 2 aromatic rings. The number of rotatable bonds is 7. The molecule has 0 spiro atoms. The summed E-state index contributed by atoms with van der Waals surface area (Å²) >= 11 is 0. The molecule has 1 fully saturated rings. The van der Waals surface area contributed by atoms with Gasteiger partial charge >= 0.3 is 18.0 Å². The van der Waals surface area contributed by atoms with E-state index >= 15 is 0 Å². The number of piperidine rings is 1. The zero-order chi connectivity index (χ0) is 25.6. The molecule has 1 N–H and O–H groups in total. The largest absolute Gasteiger partial charge is 0.462 e. The lowest BCUT2D eigenvalue weighted by Crippen LogP contribution is -2.42. The lowest BCUT2D eigenvalue weighted by molar-refractivity contribution is 0.0183. The highest BCUT2D eigenvalue weighted by atomic mass is 16.6. The van der Waals surface area contributed by atoms with Crippen LogP contribution in [0.1, 0.15) is 74.1 Å². The number of aromatic amines is 1. The number of imidazole rings is 1. The normalized spacial score (nSPS) is 14.5. The third-order valence-electron chi connectivity index (χ3n) is 5.65. The Morgan fingerprint density at radius 2 is 1.60 bits per heavy atom. The Hall–Kier alpha value is -3.36. The van der Waals surface area contributed by atoms with Gasteiger partial charge < -0.3 is 24.1 Å². The summed E-state index contributed by atoms with van der Waals surface area (Å²) in [5.74, 6) is 0.128. The lowest BCUT2D eigenvalue weighted by atomic mass is 9.93. The van der Waals surface area contributed by atoms with Gasteiger partial charge in [-0.1, -0.05) is 12.1 Å². The second-order valence-electron chi connectivity index (χ2n) is 9.54. The van der Waals surface area contributed by atoms with Crippen LogP contribution in [0.2, 0.25) is 0 Å². The van der Waals surface area contributed by atoms with Crippen molar-refractivity contribution in [3.05, 3.63) is 41.3 Å². The Labute approximate surface area is 206 Å². The Morgan fingerprint density at radius 3 is 2.17 bits per heavy atom. The summed E-state index contributed by atoms with van der Waals surface area (Å²) in [5, 5.41) is 0. The average Bonchev–Trinajstić information content (AvgIpc) is 3.23. The molecule has 2 heterocycles. The number of hydrogen-bond acceptors (Lipinski definition) is 7. The first-order chi connectivity index (χ1) is 16.6. The molecule has 9 heteroatoms. The first-order valence-corrected chi connectivity index (χ1v) is 12.1. The summed E-state index contributed by atoms with van der Waals surface area (Å²) in [6.07, 6.45) is 2.00. The van der Waals surface area contributed by atoms with Gasteiger partial charge in [-0.05, 0) is 65.5 Å². The molecule has 0 aliphatic carbocycles.